The first-order valence-electron chi connectivity index (χ1n) is 5.94. The molecule has 1 amide bonds. The van der Waals surface area contributed by atoms with Crippen LogP contribution in [0, 0.1) is 0 Å². The van der Waals surface area contributed by atoms with E-state index in [1.165, 1.54) is 15.7 Å². The summed E-state index contributed by atoms with van der Waals surface area (Å²) in [7, 11) is 3.12. The van der Waals surface area contributed by atoms with Gasteiger partial charge in [-0.25, -0.2) is 0 Å². The zero-order valence-corrected chi connectivity index (χ0v) is 12.9. The van der Waals surface area contributed by atoms with Crippen LogP contribution in [-0.2, 0) is 16.0 Å². The number of aliphatic carboxylic acids is 1. The fourth-order valence-corrected chi connectivity index (χ4v) is 3.85. The molecule has 1 heterocycles. The monoisotopic (exact) mass is 319 g/mol. The van der Waals surface area contributed by atoms with Gasteiger partial charge in [-0.2, -0.15) is 0 Å². The summed E-state index contributed by atoms with van der Waals surface area (Å²) in [5.41, 5.74) is 0. The molecule has 0 unspecified atom stereocenters. The average Bonchev–Trinajstić information content (AvgIpc) is 2.88. The van der Waals surface area contributed by atoms with Crippen molar-refractivity contribution in [3.05, 3.63) is 22.4 Å². The quantitative estimate of drug-likeness (QED) is 0.513. The van der Waals surface area contributed by atoms with Crippen LogP contribution >= 0.6 is 32.9 Å². The second-order valence-corrected chi connectivity index (χ2v) is 7.45. The van der Waals surface area contributed by atoms with Gasteiger partial charge in [0.1, 0.15) is 0 Å². The molecule has 19 heavy (non-hydrogen) atoms. The number of aryl methyl sites for hydroxylation is 1. The third kappa shape index (κ3) is 8.96. The highest BCUT2D eigenvalue weighted by molar-refractivity contribution is 8.76. The van der Waals surface area contributed by atoms with E-state index in [0.29, 0.717) is 18.7 Å². The van der Waals surface area contributed by atoms with Gasteiger partial charge in [-0.05, 0) is 17.9 Å². The number of carboxylic acids is 1. The van der Waals surface area contributed by atoms with Crippen molar-refractivity contribution in [2.24, 2.45) is 0 Å². The van der Waals surface area contributed by atoms with E-state index in [-0.39, 0.29) is 12.3 Å². The normalized spacial score (nSPS) is 10.3. The van der Waals surface area contributed by atoms with E-state index < -0.39 is 5.97 Å². The number of thiophene rings is 1. The maximum absolute atomic E-state index is 11.5. The lowest BCUT2D eigenvalue weighted by atomic mass is 10.2. The SMILES string of the molecule is O=C(O)CCSSCCNC(=O)CCc1cccs1. The Hall–Kier alpha value is -0.660. The molecule has 4 nitrogen and oxygen atoms in total. The number of carbonyl (C=O) groups is 2. The molecule has 0 bridgehead atoms. The number of amides is 1. The van der Waals surface area contributed by atoms with Crippen LogP contribution in [0.25, 0.3) is 0 Å². The van der Waals surface area contributed by atoms with Crippen LogP contribution in [0.3, 0.4) is 0 Å². The maximum Gasteiger partial charge on any atom is 0.304 e. The Balaban J connectivity index is 1.91. The summed E-state index contributed by atoms with van der Waals surface area (Å²) in [6.45, 7) is 0.633. The fraction of sp³-hybridized carbons (Fsp3) is 0.500. The topological polar surface area (TPSA) is 66.4 Å². The van der Waals surface area contributed by atoms with Gasteiger partial charge in [0.2, 0.25) is 5.91 Å². The highest BCUT2D eigenvalue weighted by Crippen LogP contribution is 2.20. The van der Waals surface area contributed by atoms with E-state index in [0.717, 1.165) is 12.2 Å². The minimum Gasteiger partial charge on any atom is -0.481 e. The first kappa shape index (κ1) is 16.4. The molecule has 0 fully saturated rings. The Morgan fingerprint density at radius 2 is 2.05 bits per heavy atom. The third-order valence-electron chi connectivity index (χ3n) is 2.17. The van der Waals surface area contributed by atoms with Gasteiger partial charge in [-0.1, -0.05) is 27.7 Å². The second-order valence-electron chi connectivity index (χ2n) is 3.72. The number of hydrogen-bond acceptors (Lipinski definition) is 5. The lowest BCUT2D eigenvalue weighted by molar-refractivity contribution is -0.136. The first-order chi connectivity index (χ1) is 9.18. The van der Waals surface area contributed by atoms with Gasteiger partial charge in [0.05, 0.1) is 6.42 Å². The molecule has 1 rings (SSSR count). The molecule has 0 saturated heterocycles. The summed E-state index contributed by atoms with van der Waals surface area (Å²) in [4.78, 5) is 23.0. The van der Waals surface area contributed by atoms with Gasteiger partial charge in [0, 0.05) is 29.3 Å². The predicted octanol–water partition coefficient (Wildman–Crippen LogP) is 2.65. The summed E-state index contributed by atoms with van der Waals surface area (Å²) in [6, 6.07) is 4.02. The number of carbonyl (C=O) groups excluding carboxylic acids is 1. The van der Waals surface area contributed by atoms with Crippen molar-refractivity contribution in [2.45, 2.75) is 19.3 Å². The zero-order valence-electron chi connectivity index (χ0n) is 10.5. The van der Waals surface area contributed by atoms with Crippen molar-refractivity contribution in [1.82, 2.24) is 5.32 Å². The summed E-state index contributed by atoms with van der Waals surface area (Å²) in [6.07, 6.45) is 1.51. The highest BCUT2D eigenvalue weighted by atomic mass is 33.1. The van der Waals surface area contributed by atoms with Crippen LogP contribution < -0.4 is 5.32 Å². The molecule has 0 aromatic carbocycles. The molecule has 0 aliphatic rings. The maximum atomic E-state index is 11.5. The molecular formula is C12H17NO3S3. The minimum atomic E-state index is -0.769. The molecule has 106 valence electrons. The Labute approximate surface area is 124 Å². The van der Waals surface area contributed by atoms with Crippen molar-refractivity contribution in [3.63, 3.8) is 0 Å². The third-order valence-corrected chi connectivity index (χ3v) is 5.51. The molecule has 0 spiro atoms. The van der Waals surface area contributed by atoms with E-state index in [4.69, 9.17) is 5.11 Å². The molecule has 0 radical (unpaired) electrons. The highest BCUT2D eigenvalue weighted by Gasteiger charge is 2.02. The summed E-state index contributed by atoms with van der Waals surface area (Å²) in [5, 5.41) is 13.3. The number of rotatable bonds is 10. The Bertz CT molecular complexity index is 382. The van der Waals surface area contributed by atoms with Crippen LogP contribution in [0.15, 0.2) is 17.5 Å². The Kier molecular flexibility index (Phi) is 8.77. The molecule has 1 aromatic heterocycles. The average molecular weight is 319 g/mol. The van der Waals surface area contributed by atoms with Gasteiger partial charge in [0.15, 0.2) is 0 Å². The molecule has 0 saturated carbocycles. The van der Waals surface area contributed by atoms with Crippen molar-refractivity contribution >= 4 is 44.8 Å². The van der Waals surface area contributed by atoms with Crippen LogP contribution in [0.4, 0.5) is 0 Å². The van der Waals surface area contributed by atoms with E-state index in [2.05, 4.69) is 5.32 Å². The molecule has 0 atom stereocenters. The van der Waals surface area contributed by atoms with E-state index in [1.54, 1.807) is 22.1 Å². The molecule has 0 aliphatic heterocycles. The summed E-state index contributed by atoms with van der Waals surface area (Å²) in [5.74, 6) is 0.709. The number of hydrogen-bond donors (Lipinski definition) is 2. The van der Waals surface area contributed by atoms with Crippen LogP contribution in [0.2, 0.25) is 0 Å². The van der Waals surface area contributed by atoms with Gasteiger partial charge in [-0.15, -0.1) is 11.3 Å². The lowest BCUT2D eigenvalue weighted by Gasteiger charge is -2.04. The van der Waals surface area contributed by atoms with Gasteiger partial charge in [0.25, 0.3) is 0 Å². The minimum absolute atomic E-state index is 0.0736. The summed E-state index contributed by atoms with van der Waals surface area (Å²) >= 11 is 1.67. The molecule has 1 aromatic rings. The van der Waals surface area contributed by atoms with Crippen molar-refractivity contribution < 1.29 is 14.7 Å². The fourth-order valence-electron chi connectivity index (χ4n) is 1.26. The molecule has 7 heteroatoms. The molecular weight excluding hydrogens is 302 g/mol. The van der Waals surface area contributed by atoms with Gasteiger partial charge in [-0.3, -0.25) is 9.59 Å². The predicted molar refractivity (Wildman–Crippen MR) is 82.8 cm³/mol. The number of nitrogens with one attached hydrogen (secondary N) is 1. The standard InChI is InChI=1S/C12H17NO3S3/c14-11(4-3-10-2-1-7-17-10)13-6-9-19-18-8-5-12(15)16/h1-2,7H,3-6,8-9H2,(H,13,14)(H,15,16). The van der Waals surface area contributed by atoms with E-state index >= 15 is 0 Å². The zero-order chi connectivity index (χ0) is 13.9. The van der Waals surface area contributed by atoms with Crippen molar-refractivity contribution in [2.75, 3.05) is 18.1 Å². The lowest BCUT2D eigenvalue weighted by Crippen LogP contribution is -2.25. The Morgan fingerprint density at radius 1 is 1.26 bits per heavy atom. The van der Waals surface area contributed by atoms with Crippen molar-refractivity contribution in [3.8, 4) is 0 Å². The van der Waals surface area contributed by atoms with Crippen molar-refractivity contribution in [1.29, 1.82) is 0 Å². The van der Waals surface area contributed by atoms with Crippen LogP contribution in [0.5, 0.6) is 0 Å². The molecule has 0 aliphatic carbocycles. The van der Waals surface area contributed by atoms with Gasteiger partial charge >= 0.3 is 5.97 Å². The van der Waals surface area contributed by atoms with Crippen LogP contribution in [0.1, 0.15) is 17.7 Å². The summed E-state index contributed by atoms with van der Waals surface area (Å²) < 4.78 is 0. The molecule has 2 N–H and O–H groups in total. The Morgan fingerprint density at radius 3 is 2.74 bits per heavy atom. The smallest absolute Gasteiger partial charge is 0.304 e. The van der Waals surface area contributed by atoms with E-state index in [1.807, 2.05) is 17.5 Å². The number of carboxylic acid groups (broad SMARTS) is 1. The largest absolute Gasteiger partial charge is 0.481 e. The second kappa shape index (κ2) is 10.2. The van der Waals surface area contributed by atoms with Crippen LogP contribution in [-0.4, -0.2) is 35.0 Å². The first-order valence-corrected chi connectivity index (χ1v) is 9.30. The van der Waals surface area contributed by atoms with E-state index in [9.17, 15) is 9.59 Å². The van der Waals surface area contributed by atoms with Gasteiger partial charge < -0.3 is 10.4 Å².